The lowest BCUT2D eigenvalue weighted by atomic mass is 10.0. The van der Waals surface area contributed by atoms with E-state index in [2.05, 4.69) is 9.71 Å². The van der Waals surface area contributed by atoms with Crippen molar-refractivity contribution in [1.29, 1.82) is 0 Å². The van der Waals surface area contributed by atoms with Gasteiger partial charge in [0, 0.05) is 38.7 Å². The number of nitrogens with one attached hydrogen (secondary N) is 1. The van der Waals surface area contributed by atoms with Gasteiger partial charge in [0.05, 0.1) is 0 Å². The molecule has 1 amide bonds. The van der Waals surface area contributed by atoms with Crippen molar-refractivity contribution in [2.45, 2.75) is 36.6 Å². The molecule has 3 rings (SSSR count). The van der Waals surface area contributed by atoms with Crippen molar-refractivity contribution < 1.29 is 13.2 Å². The molecule has 1 aromatic carbocycles. The Morgan fingerprint density at radius 1 is 1.22 bits per heavy atom. The van der Waals surface area contributed by atoms with E-state index in [0.29, 0.717) is 36.8 Å². The summed E-state index contributed by atoms with van der Waals surface area (Å²) in [5.74, 6) is 0.603. The summed E-state index contributed by atoms with van der Waals surface area (Å²) >= 11 is 0. The smallest absolute Gasteiger partial charge is 0.285 e. The minimum atomic E-state index is -3.60. The molecule has 2 aliphatic rings. The summed E-state index contributed by atoms with van der Waals surface area (Å²) in [5, 5.41) is 3.31. The molecule has 7 nitrogen and oxygen atoms in total. The molecule has 1 aromatic rings. The third-order valence-corrected chi connectivity index (χ3v) is 6.43. The van der Waals surface area contributed by atoms with Crippen LogP contribution < -0.4 is 5.32 Å². The number of nitrogens with zero attached hydrogens (tertiary/aromatic N) is 3. The zero-order chi connectivity index (χ0) is 18.7. The Morgan fingerprint density at radius 3 is 2.59 bits per heavy atom. The van der Waals surface area contributed by atoms with E-state index in [0.717, 1.165) is 25.9 Å². The van der Waals surface area contributed by atoms with Gasteiger partial charge in [0.2, 0.25) is 5.91 Å². The van der Waals surface area contributed by atoms with Crippen LogP contribution in [-0.2, 0) is 14.8 Å². The number of fused-ring (bicyclic) bond motifs is 1. The van der Waals surface area contributed by atoms with Crippen molar-refractivity contribution in [2.24, 2.45) is 4.40 Å². The SMILES string of the molecule is CN(CCCC(=O)N(C)C1CCNCC1)C1=NS(=O)(=O)c2ccccc21.Cl. The maximum atomic E-state index is 12.4. The number of carbonyl (C=O) groups is 1. The second-order valence-electron chi connectivity index (χ2n) is 6.90. The van der Waals surface area contributed by atoms with Gasteiger partial charge in [-0.2, -0.15) is 8.42 Å². The minimum Gasteiger partial charge on any atom is -0.358 e. The van der Waals surface area contributed by atoms with Crippen LogP contribution in [-0.4, -0.2) is 69.7 Å². The summed E-state index contributed by atoms with van der Waals surface area (Å²) in [6, 6.07) is 7.17. The molecule has 0 radical (unpaired) electrons. The number of halogens is 1. The molecule has 9 heteroatoms. The standard InChI is InChI=1S/C18H26N4O3S.ClH/c1-21(18-15-6-3-4-7-16(15)26(24,25)20-18)13-5-8-17(23)22(2)14-9-11-19-12-10-14;/h3-4,6-7,14,19H,5,8-13H2,1-2H3;1H. The lowest BCUT2D eigenvalue weighted by Gasteiger charge is -2.32. The molecule has 1 N–H and O–H groups in total. The third-order valence-electron chi connectivity index (χ3n) is 5.11. The second kappa shape index (κ2) is 9.03. The number of benzene rings is 1. The van der Waals surface area contributed by atoms with Gasteiger partial charge in [0.1, 0.15) is 10.7 Å². The minimum absolute atomic E-state index is 0. The molecule has 0 aliphatic carbocycles. The molecule has 0 aromatic heterocycles. The van der Waals surface area contributed by atoms with E-state index in [4.69, 9.17) is 0 Å². The number of piperidine rings is 1. The van der Waals surface area contributed by atoms with Crippen molar-refractivity contribution in [3.63, 3.8) is 0 Å². The molecule has 0 spiro atoms. The van der Waals surface area contributed by atoms with Crippen molar-refractivity contribution >= 4 is 34.2 Å². The number of rotatable bonds is 5. The third kappa shape index (κ3) is 4.80. The maximum absolute atomic E-state index is 12.4. The first kappa shape index (κ1) is 21.7. The average molecular weight is 415 g/mol. The fourth-order valence-corrected chi connectivity index (χ4v) is 4.76. The van der Waals surface area contributed by atoms with Crippen molar-refractivity contribution in [3.05, 3.63) is 29.8 Å². The van der Waals surface area contributed by atoms with Gasteiger partial charge < -0.3 is 15.1 Å². The average Bonchev–Trinajstić information content (AvgIpc) is 2.93. The Morgan fingerprint density at radius 2 is 1.89 bits per heavy atom. The summed E-state index contributed by atoms with van der Waals surface area (Å²) in [6.07, 6.45) is 3.10. The lowest BCUT2D eigenvalue weighted by molar-refractivity contribution is -0.132. The maximum Gasteiger partial charge on any atom is 0.285 e. The largest absolute Gasteiger partial charge is 0.358 e. The van der Waals surface area contributed by atoms with Gasteiger partial charge >= 0.3 is 0 Å². The molecule has 1 fully saturated rings. The van der Waals surface area contributed by atoms with Crippen molar-refractivity contribution in [2.75, 3.05) is 33.7 Å². The first-order valence-corrected chi connectivity index (χ1v) is 10.5. The van der Waals surface area contributed by atoms with Gasteiger partial charge in [-0.05, 0) is 44.5 Å². The summed E-state index contributed by atoms with van der Waals surface area (Å²) in [4.78, 5) is 16.4. The van der Waals surface area contributed by atoms with Crippen LogP contribution in [0.4, 0.5) is 0 Å². The zero-order valence-corrected chi connectivity index (χ0v) is 17.4. The van der Waals surface area contributed by atoms with Crippen LogP contribution in [0, 0.1) is 0 Å². The number of hydrogen-bond acceptors (Lipinski definition) is 5. The summed E-state index contributed by atoms with van der Waals surface area (Å²) in [5.41, 5.74) is 0.633. The number of sulfonamides is 1. The Bertz CT molecular complexity index is 807. The summed E-state index contributed by atoms with van der Waals surface area (Å²) < 4.78 is 28.2. The molecule has 1 saturated heterocycles. The quantitative estimate of drug-likeness (QED) is 0.789. The molecule has 27 heavy (non-hydrogen) atoms. The van der Waals surface area contributed by atoms with Crippen LogP contribution in [0.5, 0.6) is 0 Å². The van der Waals surface area contributed by atoms with Gasteiger partial charge in [0.25, 0.3) is 10.0 Å². The Labute approximate surface area is 167 Å². The lowest BCUT2D eigenvalue weighted by Crippen LogP contribution is -2.44. The van der Waals surface area contributed by atoms with E-state index in [1.54, 1.807) is 24.3 Å². The Balaban J connectivity index is 0.00000261. The first-order valence-electron chi connectivity index (χ1n) is 9.02. The van der Waals surface area contributed by atoms with Gasteiger partial charge in [-0.25, -0.2) is 0 Å². The van der Waals surface area contributed by atoms with E-state index in [9.17, 15) is 13.2 Å². The molecule has 0 saturated carbocycles. The van der Waals surface area contributed by atoms with Crippen LogP contribution in [0.15, 0.2) is 33.6 Å². The summed E-state index contributed by atoms with van der Waals surface area (Å²) in [6.45, 7) is 2.49. The van der Waals surface area contributed by atoms with Crippen LogP contribution in [0.2, 0.25) is 0 Å². The fourth-order valence-electron chi connectivity index (χ4n) is 3.51. The van der Waals surface area contributed by atoms with Crippen molar-refractivity contribution in [1.82, 2.24) is 15.1 Å². The Kier molecular flexibility index (Phi) is 7.25. The monoisotopic (exact) mass is 414 g/mol. The van der Waals surface area contributed by atoms with Gasteiger partial charge in [-0.15, -0.1) is 16.8 Å². The number of amides is 1. The predicted molar refractivity (Wildman–Crippen MR) is 108 cm³/mol. The fraction of sp³-hybridized carbons (Fsp3) is 0.556. The first-order chi connectivity index (χ1) is 12.4. The molecule has 0 bridgehead atoms. The van der Waals surface area contributed by atoms with Gasteiger partial charge in [-0.1, -0.05) is 12.1 Å². The number of carbonyl (C=O) groups excluding carboxylic acids is 1. The van der Waals surface area contributed by atoms with Crippen LogP contribution >= 0.6 is 12.4 Å². The number of hydrogen-bond donors (Lipinski definition) is 1. The van der Waals surface area contributed by atoms with Crippen molar-refractivity contribution in [3.8, 4) is 0 Å². The molecule has 0 unspecified atom stereocenters. The molecule has 2 aliphatic heterocycles. The molecular weight excluding hydrogens is 388 g/mol. The van der Waals surface area contributed by atoms with E-state index in [1.165, 1.54) is 0 Å². The Hall–Kier alpha value is -1.64. The van der Waals surface area contributed by atoms with E-state index in [-0.39, 0.29) is 23.2 Å². The second-order valence-corrected chi connectivity index (χ2v) is 8.47. The van der Waals surface area contributed by atoms with Crippen LogP contribution in [0.3, 0.4) is 0 Å². The normalized spacial score (nSPS) is 18.2. The zero-order valence-electron chi connectivity index (χ0n) is 15.7. The molecule has 2 heterocycles. The van der Waals surface area contributed by atoms with E-state index < -0.39 is 10.0 Å². The topological polar surface area (TPSA) is 82.1 Å². The van der Waals surface area contributed by atoms with Crippen LogP contribution in [0.1, 0.15) is 31.2 Å². The highest BCUT2D eigenvalue weighted by atomic mass is 35.5. The highest BCUT2D eigenvalue weighted by Gasteiger charge is 2.30. The predicted octanol–water partition coefficient (Wildman–Crippen LogP) is 1.48. The van der Waals surface area contributed by atoms with Crippen LogP contribution in [0.25, 0.3) is 0 Å². The van der Waals surface area contributed by atoms with E-state index >= 15 is 0 Å². The highest BCUT2D eigenvalue weighted by Crippen LogP contribution is 2.27. The molecular formula is C18H27ClN4O3S. The van der Waals surface area contributed by atoms with Gasteiger partial charge in [-0.3, -0.25) is 4.79 Å². The number of amidine groups is 1. The van der Waals surface area contributed by atoms with Gasteiger partial charge in [0.15, 0.2) is 0 Å². The van der Waals surface area contributed by atoms with E-state index in [1.807, 2.05) is 23.9 Å². The summed E-state index contributed by atoms with van der Waals surface area (Å²) in [7, 11) is 0.0939. The molecule has 150 valence electrons. The molecule has 0 atom stereocenters. The highest BCUT2D eigenvalue weighted by molar-refractivity contribution is 7.90.